The van der Waals surface area contributed by atoms with Crippen LogP contribution in [0.15, 0.2) is 46.2 Å². The van der Waals surface area contributed by atoms with Crippen LogP contribution in [0.5, 0.6) is 0 Å². The van der Waals surface area contributed by atoms with E-state index in [1.54, 1.807) is 6.07 Å². The van der Waals surface area contributed by atoms with Crippen LogP contribution in [0.25, 0.3) is 22.2 Å². The van der Waals surface area contributed by atoms with Crippen molar-refractivity contribution in [2.75, 3.05) is 11.5 Å². The van der Waals surface area contributed by atoms with Crippen LogP contribution in [-0.2, 0) is 6.42 Å². The lowest BCUT2D eigenvalue weighted by Crippen LogP contribution is -2.25. The number of anilines is 2. The summed E-state index contributed by atoms with van der Waals surface area (Å²) in [5.74, 6) is 1.55. The molecule has 1 saturated carbocycles. The number of benzene rings is 1. The molecular weight excluding hydrogens is 394 g/mol. The molecule has 0 aliphatic heterocycles. The SMILES string of the molecule is CCCc1nc2cccc(C)c2c(=O)n1C1CC1.Nc1ncnc(N)c1-c1ccon1. The zero-order chi connectivity index (χ0) is 22.0. The highest BCUT2D eigenvalue weighted by atomic mass is 16.5. The molecule has 0 radical (unpaired) electrons. The van der Waals surface area contributed by atoms with Crippen molar-refractivity contribution in [2.24, 2.45) is 0 Å². The molecule has 3 heterocycles. The molecular formula is C22H25N7O2. The lowest BCUT2D eigenvalue weighted by molar-refractivity contribution is 0.422. The first-order valence-electron chi connectivity index (χ1n) is 10.3. The quantitative estimate of drug-likeness (QED) is 0.514. The minimum absolute atomic E-state index is 0.157. The molecule has 1 aliphatic rings. The highest BCUT2D eigenvalue weighted by molar-refractivity contribution is 5.81. The zero-order valence-electron chi connectivity index (χ0n) is 17.6. The molecule has 1 aliphatic carbocycles. The summed E-state index contributed by atoms with van der Waals surface area (Å²) in [6.07, 6.45) is 6.88. The lowest BCUT2D eigenvalue weighted by Gasteiger charge is -2.13. The van der Waals surface area contributed by atoms with Gasteiger partial charge in [-0.3, -0.25) is 9.36 Å². The Morgan fingerprint density at radius 2 is 1.90 bits per heavy atom. The van der Waals surface area contributed by atoms with Gasteiger partial charge in [-0.2, -0.15) is 0 Å². The van der Waals surface area contributed by atoms with E-state index in [9.17, 15) is 4.79 Å². The number of aromatic nitrogens is 5. The van der Waals surface area contributed by atoms with Gasteiger partial charge in [-0.05, 0) is 37.8 Å². The summed E-state index contributed by atoms with van der Waals surface area (Å²) in [5.41, 5.74) is 14.3. The van der Waals surface area contributed by atoms with Crippen molar-refractivity contribution < 1.29 is 4.52 Å². The van der Waals surface area contributed by atoms with E-state index < -0.39 is 0 Å². The van der Waals surface area contributed by atoms with Crippen molar-refractivity contribution >= 4 is 22.5 Å². The highest BCUT2D eigenvalue weighted by Crippen LogP contribution is 2.35. The van der Waals surface area contributed by atoms with Gasteiger partial charge in [0.2, 0.25) is 0 Å². The molecule has 9 nitrogen and oxygen atoms in total. The molecule has 4 N–H and O–H groups in total. The third kappa shape index (κ3) is 4.11. The number of nitrogens with two attached hydrogens (primary N) is 2. The molecule has 1 aromatic carbocycles. The molecule has 0 bridgehead atoms. The van der Waals surface area contributed by atoms with Gasteiger partial charge in [0.25, 0.3) is 5.56 Å². The molecule has 9 heteroatoms. The zero-order valence-corrected chi connectivity index (χ0v) is 17.6. The normalized spacial score (nSPS) is 13.1. The number of fused-ring (bicyclic) bond motifs is 1. The lowest BCUT2D eigenvalue weighted by atomic mass is 10.1. The van der Waals surface area contributed by atoms with Crippen molar-refractivity contribution in [3.63, 3.8) is 0 Å². The van der Waals surface area contributed by atoms with Crippen LogP contribution in [0.1, 0.15) is 43.6 Å². The summed E-state index contributed by atoms with van der Waals surface area (Å²) in [6, 6.07) is 7.95. The summed E-state index contributed by atoms with van der Waals surface area (Å²) in [5, 5.41) is 4.49. The number of rotatable bonds is 4. The summed E-state index contributed by atoms with van der Waals surface area (Å²) >= 11 is 0. The van der Waals surface area contributed by atoms with Crippen molar-refractivity contribution in [2.45, 2.75) is 45.6 Å². The van der Waals surface area contributed by atoms with Gasteiger partial charge in [-0.15, -0.1) is 0 Å². The van der Waals surface area contributed by atoms with Gasteiger partial charge in [0.05, 0.1) is 16.5 Å². The Kier molecular flexibility index (Phi) is 5.66. The van der Waals surface area contributed by atoms with Crippen LogP contribution < -0.4 is 17.0 Å². The van der Waals surface area contributed by atoms with Crippen molar-refractivity contribution in [1.29, 1.82) is 0 Å². The number of nitrogen functional groups attached to an aromatic ring is 2. The first-order valence-corrected chi connectivity index (χ1v) is 10.3. The van der Waals surface area contributed by atoms with Crippen LogP contribution in [0.2, 0.25) is 0 Å². The van der Waals surface area contributed by atoms with Gasteiger partial charge < -0.3 is 16.0 Å². The van der Waals surface area contributed by atoms with Crippen LogP contribution in [0, 0.1) is 6.92 Å². The number of aryl methyl sites for hydroxylation is 2. The monoisotopic (exact) mass is 419 g/mol. The fraction of sp³-hybridized carbons (Fsp3) is 0.318. The van der Waals surface area contributed by atoms with Gasteiger partial charge in [0.1, 0.15) is 35.7 Å². The van der Waals surface area contributed by atoms with Gasteiger partial charge >= 0.3 is 0 Å². The van der Waals surface area contributed by atoms with Crippen molar-refractivity contribution in [3.8, 4) is 11.3 Å². The predicted molar refractivity (Wildman–Crippen MR) is 119 cm³/mol. The topological polar surface area (TPSA) is 139 Å². The fourth-order valence-corrected chi connectivity index (χ4v) is 3.58. The summed E-state index contributed by atoms with van der Waals surface area (Å²) < 4.78 is 6.61. The molecule has 0 unspecified atom stereocenters. The maximum Gasteiger partial charge on any atom is 0.261 e. The molecule has 3 aromatic heterocycles. The summed E-state index contributed by atoms with van der Waals surface area (Å²) in [6.45, 7) is 4.12. The molecule has 0 saturated heterocycles. The van der Waals surface area contributed by atoms with Crippen LogP contribution in [0.3, 0.4) is 0 Å². The average Bonchev–Trinajstić information content (AvgIpc) is 3.42. The Hall–Kier alpha value is -3.75. The third-order valence-electron chi connectivity index (χ3n) is 5.20. The second kappa shape index (κ2) is 8.55. The average molecular weight is 419 g/mol. The minimum Gasteiger partial charge on any atom is -0.383 e. The summed E-state index contributed by atoms with van der Waals surface area (Å²) in [7, 11) is 0. The van der Waals surface area contributed by atoms with Crippen LogP contribution >= 0.6 is 0 Å². The van der Waals surface area contributed by atoms with E-state index in [2.05, 4.69) is 26.6 Å². The second-order valence-electron chi connectivity index (χ2n) is 7.56. The standard InChI is InChI=1S/C15H18N2O.C7H7N5O/c1-3-5-13-16-12-7-4-6-10(2)14(12)15(18)17(13)11-8-9-11;8-6-5(4-1-2-13-12-4)7(9)11-3-10-6/h4,6-7,11H,3,5,8-9H2,1-2H3;1-3H,(H4,8,9,10,11). The largest absolute Gasteiger partial charge is 0.383 e. The third-order valence-corrected chi connectivity index (χ3v) is 5.20. The number of nitrogens with zero attached hydrogens (tertiary/aromatic N) is 5. The number of hydrogen-bond donors (Lipinski definition) is 2. The Morgan fingerprint density at radius 1 is 1.16 bits per heavy atom. The van der Waals surface area contributed by atoms with E-state index in [1.807, 2.05) is 29.7 Å². The fourth-order valence-electron chi connectivity index (χ4n) is 3.58. The summed E-state index contributed by atoms with van der Waals surface area (Å²) in [4.78, 5) is 25.0. The smallest absolute Gasteiger partial charge is 0.261 e. The van der Waals surface area contributed by atoms with Gasteiger partial charge in [0.15, 0.2) is 0 Å². The van der Waals surface area contributed by atoms with Crippen molar-refractivity contribution in [3.05, 3.63) is 58.6 Å². The number of hydrogen-bond acceptors (Lipinski definition) is 8. The van der Waals surface area contributed by atoms with Gasteiger partial charge in [-0.1, -0.05) is 24.2 Å². The first-order chi connectivity index (χ1) is 15.0. The Labute approximate surface area is 179 Å². The molecule has 1 fully saturated rings. The van der Waals surface area contributed by atoms with E-state index in [0.29, 0.717) is 28.9 Å². The van der Waals surface area contributed by atoms with E-state index in [0.717, 1.165) is 48.0 Å². The molecule has 4 aromatic rings. The molecule has 160 valence electrons. The maximum atomic E-state index is 12.6. The van der Waals surface area contributed by atoms with Gasteiger partial charge in [0, 0.05) is 18.5 Å². The highest BCUT2D eigenvalue weighted by Gasteiger charge is 2.28. The van der Waals surface area contributed by atoms with E-state index in [4.69, 9.17) is 16.5 Å². The predicted octanol–water partition coefficient (Wildman–Crippen LogP) is 3.29. The first kappa shape index (κ1) is 20.5. The van der Waals surface area contributed by atoms with Crippen molar-refractivity contribution in [1.82, 2.24) is 24.7 Å². The molecule has 0 spiro atoms. The van der Waals surface area contributed by atoms with Gasteiger partial charge in [-0.25, -0.2) is 15.0 Å². The molecule has 0 amide bonds. The molecule has 0 atom stereocenters. The van der Waals surface area contributed by atoms with E-state index in [-0.39, 0.29) is 5.56 Å². The minimum atomic E-state index is 0.157. The maximum absolute atomic E-state index is 12.6. The van der Waals surface area contributed by atoms with E-state index in [1.165, 1.54) is 12.6 Å². The molecule has 31 heavy (non-hydrogen) atoms. The Bertz CT molecular complexity index is 1240. The Morgan fingerprint density at radius 3 is 2.52 bits per heavy atom. The van der Waals surface area contributed by atoms with E-state index >= 15 is 0 Å². The Balaban J connectivity index is 0.000000158. The van der Waals surface area contributed by atoms with Crippen LogP contribution in [-0.4, -0.2) is 24.7 Å². The van der Waals surface area contributed by atoms with Crippen LogP contribution in [0.4, 0.5) is 11.6 Å². The second-order valence-corrected chi connectivity index (χ2v) is 7.56. The molecule has 5 rings (SSSR count).